The van der Waals surface area contributed by atoms with Gasteiger partial charge in [0.05, 0.1) is 11.9 Å². The number of nitrogens with one attached hydrogen (secondary N) is 1. The van der Waals surface area contributed by atoms with Crippen molar-refractivity contribution in [2.45, 2.75) is 39.7 Å². The topological polar surface area (TPSA) is 66.5 Å². The molecule has 152 valence electrons. The standard InChI is InChI=1S/C20H24Cl2N2O3S/c1-12(2)18-8-6-7-13(3)19(18)23-20(25)14(4)24(28(5,26)27)17-10-15(21)9-16(22)11-17/h6-12,14H,1-5H3,(H,23,25)/t14-/m0/s1. The van der Waals surface area contributed by atoms with E-state index in [1.807, 2.05) is 39.0 Å². The number of rotatable bonds is 6. The Hall–Kier alpha value is -1.76. The van der Waals surface area contributed by atoms with Crippen LogP contribution in [0.2, 0.25) is 10.0 Å². The summed E-state index contributed by atoms with van der Waals surface area (Å²) < 4.78 is 25.9. The molecule has 0 aromatic heterocycles. The van der Waals surface area contributed by atoms with E-state index < -0.39 is 22.0 Å². The van der Waals surface area contributed by atoms with Crippen LogP contribution in [0, 0.1) is 6.92 Å². The van der Waals surface area contributed by atoms with Gasteiger partial charge in [-0.1, -0.05) is 55.2 Å². The fourth-order valence-electron chi connectivity index (χ4n) is 3.05. The highest BCUT2D eigenvalue weighted by Gasteiger charge is 2.30. The third-order valence-corrected chi connectivity index (χ3v) is 6.04. The van der Waals surface area contributed by atoms with Gasteiger partial charge < -0.3 is 5.32 Å². The van der Waals surface area contributed by atoms with Crippen LogP contribution in [0.4, 0.5) is 11.4 Å². The number of halogens is 2. The first-order valence-corrected chi connectivity index (χ1v) is 11.4. The number of carbonyl (C=O) groups is 1. The number of benzene rings is 2. The number of anilines is 2. The smallest absolute Gasteiger partial charge is 0.248 e. The van der Waals surface area contributed by atoms with Gasteiger partial charge in [-0.05, 0) is 49.1 Å². The average molecular weight is 443 g/mol. The van der Waals surface area contributed by atoms with Gasteiger partial charge in [-0.25, -0.2) is 8.42 Å². The van der Waals surface area contributed by atoms with Gasteiger partial charge >= 0.3 is 0 Å². The summed E-state index contributed by atoms with van der Waals surface area (Å²) in [5.74, 6) is -0.249. The zero-order valence-electron chi connectivity index (χ0n) is 16.5. The van der Waals surface area contributed by atoms with Crippen molar-refractivity contribution in [2.75, 3.05) is 15.9 Å². The molecule has 0 radical (unpaired) electrons. The molecule has 0 unspecified atom stereocenters. The van der Waals surface area contributed by atoms with E-state index in [4.69, 9.17) is 23.2 Å². The lowest BCUT2D eigenvalue weighted by atomic mass is 9.98. The summed E-state index contributed by atoms with van der Waals surface area (Å²) >= 11 is 12.1. The van der Waals surface area contributed by atoms with Crippen LogP contribution >= 0.6 is 23.2 Å². The van der Waals surface area contributed by atoms with Crippen molar-refractivity contribution in [2.24, 2.45) is 0 Å². The van der Waals surface area contributed by atoms with E-state index >= 15 is 0 Å². The summed E-state index contributed by atoms with van der Waals surface area (Å²) in [6.07, 6.45) is 1.04. The zero-order chi connectivity index (χ0) is 21.2. The summed E-state index contributed by atoms with van der Waals surface area (Å²) in [5, 5.41) is 3.46. The molecule has 5 nitrogen and oxygen atoms in total. The Morgan fingerprint density at radius 2 is 1.64 bits per heavy atom. The maximum absolute atomic E-state index is 13.0. The lowest BCUT2D eigenvalue weighted by Gasteiger charge is -2.29. The molecule has 0 heterocycles. The van der Waals surface area contributed by atoms with Crippen LogP contribution in [0.1, 0.15) is 37.8 Å². The fraction of sp³-hybridized carbons (Fsp3) is 0.350. The number of sulfonamides is 1. The van der Waals surface area contributed by atoms with Gasteiger partial charge in [0.2, 0.25) is 15.9 Å². The van der Waals surface area contributed by atoms with E-state index in [2.05, 4.69) is 5.32 Å². The summed E-state index contributed by atoms with van der Waals surface area (Å²) in [5.41, 5.74) is 2.82. The van der Waals surface area contributed by atoms with E-state index in [-0.39, 0.29) is 21.7 Å². The predicted molar refractivity (Wildman–Crippen MR) is 117 cm³/mol. The van der Waals surface area contributed by atoms with Crippen molar-refractivity contribution in [1.29, 1.82) is 0 Å². The number of carbonyl (C=O) groups excluding carboxylic acids is 1. The molecule has 0 aliphatic carbocycles. The van der Waals surface area contributed by atoms with Crippen LogP contribution in [-0.4, -0.2) is 26.6 Å². The Morgan fingerprint density at radius 3 is 2.14 bits per heavy atom. The van der Waals surface area contributed by atoms with Crippen LogP contribution in [0.3, 0.4) is 0 Å². The molecule has 0 spiro atoms. The summed E-state index contributed by atoms with van der Waals surface area (Å²) in [7, 11) is -3.77. The number of hydrogen-bond donors (Lipinski definition) is 1. The van der Waals surface area contributed by atoms with E-state index in [1.54, 1.807) is 0 Å². The third-order valence-electron chi connectivity index (χ3n) is 4.37. The summed E-state index contributed by atoms with van der Waals surface area (Å²) in [6, 6.07) is 9.20. The first-order chi connectivity index (χ1) is 12.9. The van der Waals surface area contributed by atoms with Gasteiger partial charge in [-0.15, -0.1) is 0 Å². The molecule has 0 aliphatic rings. The lowest BCUT2D eigenvalue weighted by molar-refractivity contribution is -0.116. The third kappa shape index (κ3) is 5.19. The highest BCUT2D eigenvalue weighted by Crippen LogP contribution is 2.30. The quantitative estimate of drug-likeness (QED) is 0.666. The van der Waals surface area contributed by atoms with Crippen molar-refractivity contribution in [3.8, 4) is 0 Å². The SMILES string of the molecule is Cc1cccc(C(C)C)c1NC(=O)[C@H](C)N(c1cc(Cl)cc(Cl)c1)S(C)(=O)=O. The fourth-order valence-corrected chi connectivity index (χ4v) is 4.72. The number of nitrogens with zero attached hydrogens (tertiary/aromatic N) is 1. The number of hydrogen-bond acceptors (Lipinski definition) is 3. The molecular weight excluding hydrogens is 419 g/mol. The Kier molecular flexibility index (Phi) is 7.02. The van der Waals surface area contributed by atoms with Gasteiger partial charge in [0.15, 0.2) is 0 Å². The van der Waals surface area contributed by atoms with Crippen LogP contribution in [-0.2, 0) is 14.8 Å². The molecule has 8 heteroatoms. The molecule has 28 heavy (non-hydrogen) atoms. The molecule has 0 fully saturated rings. The van der Waals surface area contributed by atoms with Crippen molar-refractivity contribution in [1.82, 2.24) is 0 Å². The van der Waals surface area contributed by atoms with E-state index in [9.17, 15) is 13.2 Å². The lowest BCUT2D eigenvalue weighted by Crippen LogP contribution is -2.45. The number of amides is 1. The van der Waals surface area contributed by atoms with Crippen molar-refractivity contribution in [3.63, 3.8) is 0 Å². The molecule has 2 rings (SSSR count). The van der Waals surface area contributed by atoms with Gasteiger partial charge in [-0.2, -0.15) is 0 Å². The van der Waals surface area contributed by atoms with Crippen LogP contribution in [0.15, 0.2) is 36.4 Å². The molecule has 1 atom stereocenters. The number of aryl methyl sites for hydroxylation is 1. The second kappa shape index (κ2) is 8.72. The van der Waals surface area contributed by atoms with Gasteiger partial charge in [0.25, 0.3) is 0 Å². The van der Waals surface area contributed by atoms with Crippen molar-refractivity contribution in [3.05, 3.63) is 57.6 Å². The Morgan fingerprint density at radius 1 is 1.07 bits per heavy atom. The average Bonchev–Trinajstić information content (AvgIpc) is 2.54. The van der Waals surface area contributed by atoms with E-state index in [0.29, 0.717) is 5.69 Å². The van der Waals surface area contributed by atoms with Crippen LogP contribution in [0.5, 0.6) is 0 Å². The van der Waals surface area contributed by atoms with E-state index in [1.165, 1.54) is 25.1 Å². The van der Waals surface area contributed by atoms with Crippen LogP contribution in [0.25, 0.3) is 0 Å². The minimum atomic E-state index is -3.77. The molecule has 2 aromatic carbocycles. The van der Waals surface area contributed by atoms with E-state index in [0.717, 1.165) is 21.7 Å². The Labute approximate surface area is 176 Å². The van der Waals surface area contributed by atoms with Gasteiger partial charge in [-0.3, -0.25) is 9.10 Å². The second-order valence-electron chi connectivity index (χ2n) is 7.05. The van der Waals surface area contributed by atoms with Crippen molar-refractivity contribution < 1.29 is 13.2 Å². The minimum Gasteiger partial charge on any atom is -0.324 e. The molecular formula is C20H24Cl2N2O3S. The highest BCUT2D eigenvalue weighted by atomic mass is 35.5. The highest BCUT2D eigenvalue weighted by molar-refractivity contribution is 7.92. The Balaban J connectivity index is 2.44. The van der Waals surface area contributed by atoms with Gasteiger partial charge in [0, 0.05) is 15.7 Å². The minimum absolute atomic E-state index is 0.197. The maximum atomic E-state index is 13.0. The molecule has 1 N–H and O–H groups in total. The monoisotopic (exact) mass is 442 g/mol. The molecule has 2 aromatic rings. The Bertz CT molecular complexity index is 971. The summed E-state index contributed by atoms with van der Waals surface area (Å²) in [6.45, 7) is 7.49. The largest absolute Gasteiger partial charge is 0.324 e. The second-order valence-corrected chi connectivity index (χ2v) is 9.78. The van der Waals surface area contributed by atoms with Gasteiger partial charge in [0.1, 0.15) is 6.04 Å². The molecule has 0 saturated heterocycles. The molecule has 0 bridgehead atoms. The summed E-state index contributed by atoms with van der Waals surface area (Å²) in [4.78, 5) is 13.0. The predicted octanol–water partition coefficient (Wildman–Crippen LogP) is 5.22. The van der Waals surface area contributed by atoms with Crippen LogP contribution < -0.4 is 9.62 Å². The first-order valence-electron chi connectivity index (χ1n) is 8.77. The normalized spacial score (nSPS) is 12.7. The number of para-hydroxylation sites is 1. The maximum Gasteiger partial charge on any atom is 0.248 e. The molecule has 0 saturated carbocycles. The van der Waals surface area contributed by atoms with Crippen molar-refractivity contribution >= 4 is 50.5 Å². The zero-order valence-corrected chi connectivity index (χ0v) is 18.8. The molecule has 1 amide bonds. The first kappa shape index (κ1) is 22.5. The molecule has 0 aliphatic heterocycles.